The maximum Gasteiger partial charge on any atom is 0.325 e. The van der Waals surface area contributed by atoms with E-state index >= 15 is 0 Å². The lowest BCUT2D eigenvalue weighted by molar-refractivity contribution is -0.147. The summed E-state index contributed by atoms with van der Waals surface area (Å²) in [4.78, 5) is 35.7. The van der Waals surface area contributed by atoms with Crippen molar-refractivity contribution in [3.05, 3.63) is 65.7 Å². The van der Waals surface area contributed by atoms with Crippen LogP contribution in [0.3, 0.4) is 0 Å². The number of rotatable bonds is 9. The van der Waals surface area contributed by atoms with Gasteiger partial charge in [0.1, 0.15) is 12.3 Å². The van der Waals surface area contributed by atoms with Gasteiger partial charge >= 0.3 is 5.97 Å². The van der Waals surface area contributed by atoms with Gasteiger partial charge in [0.15, 0.2) is 6.61 Å². The third-order valence-electron chi connectivity index (χ3n) is 4.08. The molecule has 0 saturated heterocycles. The Morgan fingerprint density at radius 2 is 1.64 bits per heavy atom. The molecular formula is C21H24N2O5. The van der Waals surface area contributed by atoms with Gasteiger partial charge in [0.05, 0.1) is 12.7 Å². The van der Waals surface area contributed by atoms with Gasteiger partial charge in [-0.1, -0.05) is 49.4 Å². The maximum atomic E-state index is 12.1. The highest BCUT2D eigenvalue weighted by molar-refractivity contribution is 5.98. The van der Waals surface area contributed by atoms with Gasteiger partial charge in [-0.3, -0.25) is 14.4 Å². The first-order valence-corrected chi connectivity index (χ1v) is 8.89. The van der Waals surface area contributed by atoms with Crippen LogP contribution in [0.5, 0.6) is 5.75 Å². The smallest absolute Gasteiger partial charge is 0.325 e. The number of para-hydroxylation sites is 1. The van der Waals surface area contributed by atoms with Gasteiger partial charge < -0.3 is 20.1 Å². The molecule has 0 spiro atoms. The fourth-order valence-electron chi connectivity index (χ4n) is 2.49. The first-order chi connectivity index (χ1) is 13.5. The predicted molar refractivity (Wildman–Crippen MR) is 104 cm³/mol. The number of methoxy groups -OCH3 is 1. The van der Waals surface area contributed by atoms with E-state index < -0.39 is 24.4 Å². The second kappa shape index (κ2) is 10.7. The zero-order valence-corrected chi connectivity index (χ0v) is 15.9. The van der Waals surface area contributed by atoms with Gasteiger partial charge in [-0.05, 0) is 23.6 Å². The fourth-order valence-corrected chi connectivity index (χ4v) is 2.49. The predicted octanol–water partition coefficient (Wildman–Crippen LogP) is 1.89. The van der Waals surface area contributed by atoms with E-state index in [4.69, 9.17) is 9.47 Å². The van der Waals surface area contributed by atoms with Crippen molar-refractivity contribution >= 4 is 17.8 Å². The molecule has 0 saturated carbocycles. The number of hydrogen-bond donors (Lipinski definition) is 2. The third-order valence-corrected chi connectivity index (χ3v) is 4.08. The van der Waals surface area contributed by atoms with E-state index in [9.17, 15) is 14.4 Å². The van der Waals surface area contributed by atoms with E-state index in [0.717, 1.165) is 5.56 Å². The minimum Gasteiger partial charge on any atom is -0.496 e. The van der Waals surface area contributed by atoms with E-state index in [1.54, 1.807) is 24.3 Å². The molecule has 7 heteroatoms. The largest absolute Gasteiger partial charge is 0.496 e. The number of amides is 2. The van der Waals surface area contributed by atoms with Crippen molar-refractivity contribution in [3.63, 3.8) is 0 Å². The second-order valence-corrected chi connectivity index (χ2v) is 6.16. The summed E-state index contributed by atoms with van der Waals surface area (Å²) in [6.07, 6.45) is 0. The normalized spacial score (nSPS) is 11.2. The van der Waals surface area contributed by atoms with Crippen LogP contribution in [0.1, 0.15) is 28.8 Å². The van der Waals surface area contributed by atoms with Crippen LogP contribution >= 0.6 is 0 Å². The number of hydrogen-bond acceptors (Lipinski definition) is 5. The standard InChI is InChI=1S/C21H24N2O5/c1-15(16-8-4-3-5-9-16)12-22-19(24)14-28-20(25)13-23-21(26)17-10-6-7-11-18(17)27-2/h3-11,15H,12-14H2,1-2H3,(H,22,24)(H,23,26)/t15-/m0/s1. The molecule has 0 aliphatic heterocycles. The zero-order chi connectivity index (χ0) is 20.4. The quantitative estimate of drug-likeness (QED) is 0.644. The Kier molecular flexibility index (Phi) is 8.02. The Labute approximate surface area is 164 Å². The van der Waals surface area contributed by atoms with Crippen molar-refractivity contribution < 1.29 is 23.9 Å². The van der Waals surface area contributed by atoms with Crippen LogP contribution in [0.15, 0.2) is 54.6 Å². The summed E-state index contributed by atoms with van der Waals surface area (Å²) < 4.78 is 9.99. The van der Waals surface area contributed by atoms with Crippen molar-refractivity contribution in [3.8, 4) is 5.75 Å². The Balaban J connectivity index is 1.69. The molecule has 0 heterocycles. The lowest BCUT2D eigenvalue weighted by Crippen LogP contribution is -2.35. The number of carbonyl (C=O) groups excluding carboxylic acids is 3. The maximum absolute atomic E-state index is 12.1. The number of nitrogens with one attached hydrogen (secondary N) is 2. The van der Waals surface area contributed by atoms with Gasteiger partial charge in [-0.15, -0.1) is 0 Å². The van der Waals surface area contributed by atoms with Gasteiger partial charge in [0.2, 0.25) is 0 Å². The molecule has 0 unspecified atom stereocenters. The first-order valence-electron chi connectivity index (χ1n) is 8.89. The number of carbonyl (C=O) groups is 3. The summed E-state index contributed by atoms with van der Waals surface area (Å²) in [6.45, 7) is 1.69. The Bertz CT molecular complexity index is 807. The van der Waals surface area contributed by atoms with Gasteiger partial charge in [0, 0.05) is 6.54 Å². The summed E-state index contributed by atoms with van der Waals surface area (Å²) >= 11 is 0. The molecule has 0 aliphatic carbocycles. The molecule has 0 bridgehead atoms. The molecule has 2 amide bonds. The summed E-state index contributed by atoms with van der Waals surface area (Å²) in [5.74, 6) is -1.02. The van der Waals surface area contributed by atoms with E-state index in [2.05, 4.69) is 10.6 Å². The molecule has 148 valence electrons. The highest BCUT2D eigenvalue weighted by Crippen LogP contribution is 2.16. The average molecular weight is 384 g/mol. The topological polar surface area (TPSA) is 93.7 Å². The summed E-state index contributed by atoms with van der Waals surface area (Å²) in [7, 11) is 1.46. The van der Waals surface area contributed by atoms with Crippen LogP contribution < -0.4 is 15.4 Å². The van der Waals surface area contributed by atoms with Gasteiger partial charge in [-0.25, -0.2) is 0 Å². The van der Waals surface area contributed by atoms with E-state index in [1.807, 2.05) is 37.3 Å². The summed E-state index contributed by atoms with van der Waals surface area (Å²) in [6, 6.07) is 16.4. The molecule has 1 atom stereocenters. The van der Waals surface area contributed by atoms with Crippen molar-refractivity contribution in [2.45, 2.75) is 12.8 Å². The van der Waals surface area contributed by atoms with E-state index in [0.29, 0.717) is 17.9 Å². The van der Waals surface area contributed by atoms with Crippen molar-refractivity contribution in [2.24, 2.45) is 0 Å². The Morgan fingerprint density at radius 3 is 2.36 bits per heavy atom. The van der Waals surface area contributed by atoms with Crippen LogP contribution in [0, 0.1) is 0 Å². The first kappa shape index (κ1) is 21.0. The minimum absolute atomic E-state index is 0.140. The molecular weight excluding hydrogens is 360 g/mol. The lowest BCUT2D eigenvalue weighted by atomic mass is 10.0. The molecule has 0 radical (unpaired) electrons. The van der Waals surface area contributed by atoms with Gasteiger partial charge in [0.25, 0.3) is 11.8 Å². The second-order valence-electron chi connectivity index (χ2n) is 6.16. The Morgan fingerprint density at radius 1 is 0.964 bits per heavy atom. The number of benzene rings is 2. The summed E-state index contributed by atoms with van der Waals surface area (Å²) in [5.41, 5.74) is 1.42. The summed E-state index contributed by atoms with van der Waals surface area (Å²) in [5, 5.41) is 5.17. The molecule has 0 fully saturated rings. The van der Waals surface area contributed by atoms with Gasteiger partial charge in [-0.2, -0.15) is 0 Å². The number of esters is 1. The minimum atomic E-state index is -0.700. The molecule has 2 N–H and O–H groups in total. The molecule has 2 aromatic rings. The molecule has 0 aliphatic rings. The molecule has 7 nitrogen and oxygen atoms in total. The monoisotopic (exact) mass is 384 g/mol. The van der Waals surface area contributed by atoms with Crippen LogP contribution in [0.4, 0.5) is 0 Å². The highest BCUT2D eigenvalue weighted by Gasteiger charge is 2.14. The Hall–Kier alpha value is -3.35. The highest BCUT2D eigenvalue weighted by atomic mass is 16.5. The third kappa shape index (κ3) is 6.42. The van der Waals surface area contributed by atoms with Crippen LogP contribution in [-0.2, 0) is 14.3 Å². The van der Waals surface area contributed by atoms with Crippen LogP contribution in [0.2, 0.25) is 0 Å². The van der Waals surface area contributed by atoms with E-state index in [1.165, 1.54) is 7.11 Å². The van der Waals surface area contributed by atoms with Crippen molar-refractivity contribution in [2.75, 3.05) is 26.8 Å². The van der Waals surface area contributed by atoms with E-state index in [-0.39, 0.29) is 12.5 Å². The molecule has 0 aromatic heterocycles. The zero-order valence-electron chi connectivity index (χ0n) is 15.9. The number of ether oxygens (including phenoxy) is 2. The van der Waals surface area contributed by atoms with Crippen LogP contribution in [0.25, 0.3) is 0 Å². The molecule has 2 rings (SSSR count). The van der Waals surface area contributed by atoms with Crippen LogP contribution in [-0.4, -0.2) is 44.6 Å². The SMILES string of the molecule is COc1ccccc1C(=O)NCC(=O)OCC(=O)NC[C@H](C)c1ccccc1. The average Bonchev–Trinajstić information content (AvgIpc) is 2.74. The van der Waals surface area contributed by atoms with Crippen molar-refractivity contribution in [1.82, 2.24) is 10.6 Å². The fraction of sp³-hybridized carbons (Fsp3) is 0.286. The molecule has 2 aromatic carbocycles. The van der Waals surface area contributed by atoms with Crippen molar-refractivity contribution in [1.29, 1.82) is 0 Å². The molecule has 28 heavy (non-hydrogen) atoms. The lowest BCUT2D eigenvalue weighted by Gasteiger charge is -2.13.